The van der Waals surface area contributed by atoms with Crippen molar-refractivity contribution in [3.8, 4) is 11.6 Å². The minimum atomic E-state index is -0.315. The summed E-state index contributed by atoms with van der Waals surface area (Å²) in [6.45, 7) is 0. The van der Waals surface area contributed by atoms with Crippen molar-refractivity contribution in [1.29, 1.82) is 0 Å². The lowest BCUT2D eigenvalue weighted by atomic mass is 9.89. The molecule has 2 aromatic rings. The summed E-state index contributed by atoms with van der Waals surface area (Å²) in [4.78, 5) is 16.5. The molecule has 1 amide bonds. The molecule has 2 unspecified atom stereocenters. The van der Waals surface area contributed by atoms with Crippen LogP contribution in [-0.4, -0.2) is 23.0 Å². The Labute approximate surface area is 152 Å². The Morgan fingerprint density at radius 2 is 1.88 bits per heavy atom. The maximum absolute atomic E-state index is 12.9. The molecule has 2 aliphatic rings. The Balaban J connectivity index is 1.29. The highest BCUT2D eigenvalue weighted by Gasteiger charge is 2.34. The lowest BCUT2D eigenvalue weighted by Crippen LogP contribution is -2.39. The molecule has 5 nitrogen and oxygen atoms in total. The summed E-state index contributed by atoms with van der Waals surface area (Å²) in [7, 11) is 0. The van der Waals surface area contributed by atoms with Crippen LogP contribution >= 0.6 is 0 Å². The molecule has 0 aliphatic carbocycles. The van der Waals surface area contributed by atoms with Crippen LogP contribution in [0.5, 0.6) is 11.6 Å². The van der Waals surface area contributed by atoms with Crippen molar-refractivity contribution in [3.63, 3.8) is 0 Å². The topological polar surface area (TPSA) is 63.2 Å². The van der Waals surface area contributed by atoms with Crippen LogP contribution in [0.2, 0.25) is 0 Å². The van der Waals surface area contributed by atoms with E-state index in [4.69, 9.17) is 4.74 Å². The first kappa shape index (κ1) is 17.0. The van der Waals surface area contributed by atoms with Crippen LogP contribution in [0.15, 0.2) is 42.6 Å². The number of hydrogen-bond acceptors (Lipinski definition) is 4. The summed E-state index contributed by atoms with van der Waals surface area (Å²) in [6.07, 6.45) is 6.79. The quantitative estimate of drug-likeness (QED) is 0.855. The van der Waals surface area contributed by atoms with Crippen LogP contribution in [-0.2, 0) is 4.79 Å². The van der Waals surface area contributed by atoms with Crippen molar-refractivity contribution in [2.75, 3.05) is 5.32 Å². The summed E-state index contributed by atoms with van der Waals surface area (Å²) in [5.74, 6) is 1.08. The van der Waals surface area contributed by atoms with E-state index in [0.29, 0.717) is 41.7 Å². The molecular formula is C20H22FN3O2. The van der Waals surface area contributed by atoms with Gasteiger partial charge in [-0.1, -0.05) is 0 Å². The van der Waals surface area contributed by atoms with Crippen LogP contribution in [0, 0.1) is 11.7 Å². The van der Waals surface area contributed by atoms with Gasteiger partial charge in [-0.25, -0.2) is 9.37 Å². The lowest BCUT2D eigenvalue weighted by Gasteiger charge is -2.28. The number of aromatic nitrogens is 1. The number of pyridine rings is 1. The zero-order valence-corrected chi connectivity index (χ0v) is 14.5. The summed E-state index contributed by atoms with van der Waals surface area (Å²) in [5, 5.41) is 6.51. The third kappa shape index (κ3) is 4.19. The van der Waals surface area contributed by atoms with E-state index in [1.54, 1.807) is 30.5 Å². The van der Waals surface area contributed by atoms with Crippen LogP contribution in [0.3, 0.4) is 0 Å². The number of rotatable bonds is 5. The number of nitrogens with zero attached hydrogens (tertiary/aromatic N) is 1. The molecule has 2 atom stereocenters. The highest BCUT2D eigenvalue weighted by atomic mass is 19.1. The van der Waals surface area contributed by atoms with E-state index in [1.165, 1.54) is 25.0 Å². The van der Waals surface area contributed by atoms with Gasteiger partial charge >= 0.3 is 0 Å². The fourth-order valence-corrected chi connectivity index (χ4v) is 3.95. The fraction of sp³-hybridized carbons (Fsp3) is 0.400. The van der Waals surface area contributed by atoms with Crippen LogP contribution < -0.4 is 15.4 Å². The normalized spacial score (nSPS) is 24.3. The van der Waals surface area contributed by atoms with E-state index < -0.39 is 0 Å². The van der Waals surface area contributed by atoms with Crippen molar-refractivity contribution in [2.45, 2.75) is 44.2 Å². The number of carbonyl (C=O) groups is 1. The molecule has 2 bridgehead atoms. The van der Waals surface area contributed by atoms with Gasteiger partial charge in [-0.2, -0.15) is 0 Å². The van der Waals surface area contributed by atoms with Gasteiger partial charge in [0.05, 0.1) is 11.9 Å². The molecule has 0 radical (unpaired) electrons. The van der Waals surface area contributed by atoms with Gasteiger partial charge in [0.2, 0.25) is 11.8 Å². The number of ether oxygens (including phenoxy) is 1. The summed E-state index contributed by atoms with van der Waals surface area (Å²) >= 11 is 0. The maximum Gasteiger partial charge on any atom is 0.224 e. The summed E-state index contributed by atoms with van der Waals surface area (Å²) in [6, 6.07) is 10.4. The predicted molar refractivity (Wildman–Crippen MR) is 96.6 cm³/mol. The molecule has 0 saturated carbocycles. The molecular weight excluding hydrogens is 333 g/mol. The molecule has 2 aliphatic heterocycles. The van der Waals surface area contributed by atoms with Gasteiger partial charge in [0.1, 0.15) is 11.6 Å². The van der Waals surface area contributed by atoms with Crippen LogP contribution in [0.1, 0.15) is 32.1 Å². The largest absolute Gasteiger partial charge is 0.439 e. The average molecular weight is 355 g/mol. The van der Waals surface area contributed by atoms with Crippen molar-refractivity contribution < 1.29 is 13.9 Å². The van der Waals surface area contributed by atoms with E-state index in [2.05, 4.69) is 15.6 Å². The van der Waals surface area contributed by atoms with Crippen molar-refractivity contribution in [3.05, 3.63) is 48.4 Å². The number of halogens is 1. The Hall–Kier alpha value is -2.47. The highest BCUT2D eigenvalue weighted by Crippen LogP contribution is 2.32. The number of fused-ring (bicyclic) bond motifs is 2. The van der Waals surface area contributed by atoms with Gasteiger partial charge in [-0.15, -0.1) is 0 Å². The van der Waals surface area contributed by atoms with Gasteiger partial charge in [-0.3, -0.25) is 4.79 Å². The zero-order valence-electron chi connectivity index (χ0n) is 14.5. The summed E-state index contributed by atoms with van der Waals surface area (Å²) < 4.78 is 18.4. The number of nitrogens with one attached hydrogen (secondary N) is 2. The molecule has 26 heavy (non-hydrogen) atoms. The monoisotopic (exact) mass is 355 g/mol. The second-order valence-electron chi connectivity index (χ2n) is 7.17. The Bertz CT molecular complexity index is 752. The molecule has 4 rings (SSSR count). The number of piperidine rings is 1. The molecule has 136 valence electrons. The molecule has 1 aromatic carbocycles. The average Bonchev–Trinajstić information content (AvgIpc) is 2.97. The van der Waals surface area contributed by atoms with Crippen molar-refractivity contribution in [2.24, 2.45) is 5.92 Å². The second-order valence-corrected chi connectivity index (χ2v) is 7.17. The second kappa shape index (κ2) is 7.41. The van der Waals surface area contributed by atoms with Gasteiger partial charge < -0.3 is 15.4 Å². The van der Waals surface area contributed by atoms with Gasteiger partial charge in [0.15, 0.2) is 0 Å². The predicted octanol–water partition coefficient (Wildman–Crippen LogP) is 3.87. The Kier molecular flexibility index (Phi) is 4.84. The fourth-order valence-electron chi connectivity index (χ4n) is 3.95. The smallest absolute Gasteiger partial charge is 0.224 e. The van der Waals surface area contributed by atoms with Crippen LogP contribution in [0.4, 0.5) is 10.1 Å². The first-order valence-electron chi connectivity index (χ1n) is 9.09. The van der Waals surface area contributed by atoms with E-state index in [9.17, 15) is 9.18 Å². The van der Waals surface area contributed by atoms with E-state index in [-0.39, 0.29) is 11.7 Å². The molecule has 3 heterocycles. The highest BCUT2D eigenvalue weighted by molar-refractivity contribution is 5.90. The number of carbonyl (C=O) groups excluding carboxylic acids is 1. The maximum atomic E-state index is 12.9. The standard InChI is InChI=1S/C20H22FN3O2/c21-14-1-6-18(7-2-14)26-20-8-5-17(12-22-20)24-19(25)11-13-9-15-3-4-16(10-13)23-15/h1-2,5-8,12-13,15-16,23H,3-4,9-11H2,(H,24,25). The van der Waals surface area contributed by atoms with E-state index in [0.717, 1.165) is 12.8 Å². The first-order chi connectivity index (χ1) is 12.6. The first-order valence-corrected chi connectivity index (χ1v) is 9.09. The molecule has 0 spiro atoms. The molecule has 2 N–H and O–H groups in total. The number of anilines is 1. The Morgan fingerprint density at radius 3 is 2.54 bits per heavy atom. The third-order valence-corrected chi connectivity index (χ3v) is 5.10. The number of amides is 1. The summed E-state index contributed by atoms with van der Waals surface area (Å²) in [5.41, 5.74) is 0.651. The lowest BCUT2D eigenvalue weighted by molar-refractivity contribution is -0.117. The van der Waals surface area contributed by atoms with Gasteiger partial charge in [0, 0.05) is 24.6 Å². The minimum absolute atomic E-state index is 0.0327. The molecule has 2 fully saturated rings. The Morgan fingerprint density at radius 1 is 1.15 bits per heavy atom. The zero-order chi connectivity index (χ0) is 17.9. The van der Waals surface area contributed by atoms with E-state index in [1.807, 2.05) is 0 Å². The molecule has 6 heteroatoms. The number of benzene rings is 1. The minimum Gasteiger partial charge on any atom is -0.439 e. The molecule has 1 aromatic heterocycles. The van der Waals surface area contributed by atoms with E-state index >= 15 is 0 Å². The van der Waals surface area contributed by atoms with Crippen molar-refractivity contribution >= 4 is 11.6 Å². The number of hydrogen-bond donors (Lipinski definition) is 2. The van der Waals surface area contributed by atoms with Gasteiger partial charge in [-0.05, 0) is 61.9 Å². The third-order valence-electron chi connectivity index (χ3n) is 5.10. The van der Waals surface area contributed by atoms with Crippen molar-refractivity contribution in [1.82, 2.24) is 10.3 Å². The SMILES string of the molecule is O=C(CC1CC2CCC(C1)N2)Nc1ccc(Oc2ccc(F)cc2)nc1. The molecule has 2 saturated heterocycles. The van der Waals surface area contributed by atoms with Crippen LogP contribution in [0.25, 0.3) is 0 Å². The van der Waals surface area contributed by atoms with Gasteiger partial charge in [0.25, 0.3) is 0 Å².